The van der Waals surface area contributed by atoms with E-state index >= 15 is 0 Å². The molecule has 0 rings (SSSR count). The Hall–Kier alpha value is -0.0900. The van der Waals surface area contributed by atoms with Crippen molar-refractivity contribution >= 4 is 11.0 Å². The van der Waals surface area contributed by atoms with Crippen LogP contribution in [0.25, 0.3) is 0 Å². The molecule has 0 unspecified atom stereocenters. The van der Waals surface area contributed by atoms with Crippen LogP contribution in [0, 0.1) is 12.5 Å². The Morgan fingerprint density at radius 3 is 2.44 bits per heavy atom. The van der Waals surface area contributed by atoms with Crippen molar-refractivity contribution < 1.29 is 12.6 Å². The molecule has 55 valence electrons. The second-order valence-electron chi connectivity index (χ2n) is 2.13. The van der Waals surface area contributed by atoms with Crippen molar-refractivity contribution in [2.24, 2.45) is 5.92 Å². The van der Waals surface area contributed by atoms with Crippen molar-refractivity contribution in [3.8, 4) is 0 Å². The van der Waals surface area contributed by atoms with E-state index in [0.29, 0.717) is 12.3 Å². The number of hydrogen-bond donors (Lipinski definition) is 1. The second-order valence-corrected chi connectivity index (χ2v) is 2.78. The molecule has 0 spiro atoms. The van der Waals surface area contributed by atoms with E-state index in [2.05, 4.69) is 4.18 Å². The molecule has 0 bridgehead atoms. The zero-order valence-electron chi connectivity index (χ0n) is 5.53. The molecule has 0 aliphatic rings. The van der Waals surface area contributed by atoms with Crippen molar-refractivity contribution in [2.75, 3.05) is 0 Å². The van der Waals surface area contributed by atoms with Crippen LogP contribution >= 0.6 is 0 Å². The van der Waals surface area contributed by atoms with Gasteiger partial charge in [-0.25, -0.2) is 8.42 Å². The van der Waals surface area contributed by atoms with E-state index in [-0.39, 0.29) is 0 Å². The zero-order valence-corrected chi connectivity index (χ0v) is 6.43. The van der Waals surface area contributed by atoms with Gasteiger partial charge in [0, 0.05) is 0 Å². The molecular formula is C5H11O3S. The Morgan fingerprint density at radius 1 is 1.56 bits per heavy atom. The fourth-order valence-electron chi connectivity index (χ4n) is 0.296. The summed E-state index contributed by atoms with van der Waals surface area (Å²) in [6.45, 7) is 5.27. The fraction of sp³-hybridized carbons (Fsp3) is 0.800. The van der Waals surface area contributed by atoms with Crippen molar-refractivity contribution in [2.45, 2.75) is 20.3 Å². The lowest BCUT2D eigenvalue weighted by Gasteiger charge is -1.98. The minimum absolute atomic E-state index is 0.444. The van der Waals surface area contributed by atoms with Gasteiger partial charge in [-0.05, 0) is 12.3 Å². The van der Waals surface area contributed by atoms with Gasteiger partial charge in [0.05, 0.1) is 0 Å². The molecule has 0 N–H and O–H groups in total. The molecule has 0 atom stereocenters. The Kier molecular flexibility index (Phi) is 4.71. The van der Waals surface area contributed by atoms with Crippen LogP contribution < -0.4 is 0 Å². The van der Waals surface area contributed by atoms with Crippen molar-refractivity contribution in [1.82, 2.24) is 0 Å². The van der Waals surface area contributed by atoms with Crippen LogP contribution in [0.15, 0.2) is 0 Å². The molecule has 0 aliphatic heterocycles. The van der Waals surface area contributed by atoms with Crippen LogP contribution in [0.1, 0.15) is 20.3 Å². The Bertz CT molecular complexity index is 120. The summed E-state index contributed by atoms with van der Waals surface area (Å²) in [5.74, 6) is 0.444. The molecule has 1 radical (unpaired) electrons. The maximum atomic E-state index is 9.76. The molecule has 0 aromatic heterocycles. The standard InChI is InChI=1S/C5H11O3S/c1-5(2)3-4-8-9(6)7/h4-5,9H,3H2,1-2H3. The van der Waals surface area contributed by atoms with E-state index < -0.39 is 11.0 Å². The molecule has 0 saturated carbocycles. The molecule has 0 aliphatic carbocycles. The van der Waals surface area contributed by atoms with Gasteiger partial charge in [-0.2, -0.15) is 0 Å². The zero-order chi connectivity index (χ0) is 7.28. The predicted octanol–water partition coefficient (Wildman–Crippen LogP) is 0.737. The first-order valence-electron chi connectivity index (χ1n) is 2.75. The van der Waals surface area contributed by atoms with Gasteiger partial charge in [-0.3, -0.25) is 4.18 Å². The van der Waals surface area contributed by atoms with Crippen LogP contribution in [0.4, 0.5) is 0 Å². The summed E-state index contributed by atoms with van der Waals surface area (Å²) in [5, 5.41) is 0. The van der Waals surface area contributed by atoms with E-state index in [9.17, 15) is 8.42 Å². The third kappa shape index (κ3) is 7.91. The molecular weight excluding hydrogens is 140 g/mol. The largest absolute Gasteiger partial charge is 0.266 e. The Morgan fingerprint density at radius 2 is 2.11 bits per heavy atom. The molecule has 9 heavy (non-hydrogen) atoms. The highest BCUT2D eigenvalue weighted by Gasteiger charge is 1.93. The molecule has 0 amide bonds. The fourth-order valence-corrected chi connectivity index (χ4v) is 0.504. The minimum Gasteiger partial charge on any atom is -0.266 e. The maximum Gasteiger partial charge on any atom is 0.257 e. The van der Waals surface area contributed by atoms with Gasteiger partial charge in [-0.1, -0.05) is 13.8 Å². The normalized spacial score (nSPS) is 11.1. The summed E-state index contributed by atoms with van der Waals surface area (Å²) in [6, 6.07) is 0. The third-order valence-corrected chi connectivity index (χ3v) is 1.05. The smallest absolute Gasteiger partial charge is 0.257 e. The van der Waals surface area contributed by atoms with Crippen LogP contribution in [0.2, 0.25) is 0 Å². The number of thiol groups is 1. The SMILES string of the molecule is CC(C)C[CH]O[SH](=O)=O. The minimum atomic E-state index is -2.69. The first-order valence-corrected chi connectivity index (χ1v) is 3.85. The molecule has 3 nitrogen and oxygen atoms in total. The van der Waals surface area contributed by atoms with Gasteiger partial charge in [0.1, 0.15) is 6.61 Å². The quantitative estimate of drug-likeness (QED) is 0.602. The first-order chi connectivity index (χ1) is 4.13. The highest BCUT2D eigenvalue weighted by Crippen LogP contribution is 2.02. The third-order valence-electron chi connectivity index (χ3n) is 0.728. The summed E-state index contributed by atoms with van der Waals surface area (Å²) in [7, 11) is -2.69. The lowest BCUT2D eigenvalue weighted by molar-refractivity contribution is 0.377. The topological polar surface area (TPSA) is 43.4 Å². The number of rotatable bonds is 4. The lowest BCUT2D eigenvalue weighted by atomic mass is 10.2. The van der Waals surface area contributed by atoms with Gasteiger partial charge < -0.3 is 0 Å². The van der Waals surface area contributed by atoms with Crippen LogP contribution in [-0.4, -0.2) is 8.42 Å². The summed E-state index contributed by atoms with van der Waals surface area (Å²) in [5.41, 5.74) is 0. The molecule has 0 fully saturated rings. The first kappa shape index (κ1) is 8.91. The van der Waals surface area contributed by atoms with E-state index in [1.54, 1.807) is 0 Å². The van der Waals surface area contributed by atoms with Crippen LogP contribution in [0.3, 0.4) is 0 Å². The molecule has 0 heterocycles. The van der Waals surface area contributed by atoms with Gasteiger partial charge in [-0.15, -0.1) is 0 Å². The highest BCUT2D eigenvalue weighted by atomic mass is 32.2. The molecule has 0 saturated heterocycles. The predicted molar refractivity (Wildman–Crippen MR) is 35.2 cm³/mol. The van der Waals surface area contributed by atoms with Gasteiger partial charge in [0.25, 0.3) is 11.0 Å². The molecule has 0 aromatic rings. The van der Waals surface area contributed by atoms with E-state index in [1.165, 1.54) is 6.61 Å². The average Bonchev–Trinajstić information content (AvgIpc) is 1.63. The monoisotopic (exact) mass is 151 g/mol. The highest BCUT2D eigenvalue weighted by molar-refractivity contribution is 7.67. The summed E-state index contributed by atoms with van der Waals surface area (Å²) < 4.78 is 23.7. The number of hydrogen-bond acceptors (Lipinski definition) is 3. The van der Waals surface area contributed by atoms with Crippen LogP contribution in [0.5, 0.6) is 0 Å². The molecule has 4 heteroatoms. The van der Waals surface area contributed by atoms with Gasteiger partial charge >= 0.3 is 0 Å². The van der Waals surface area contributed by atoms with Gasteiger partial charge in [0.15, 0.2) is 0 Å². The molecule has 0 aromatic carbocycles. The van der Waals surface area contributed by atoms with E-state index in [4.69, 9.17) is 0 Å². The Balaban J connectivity index is 3.10. The van der Waals surface area contributed by atoms with E-state index in [0.717, 1.165) is 0 Å². The van der Waals surface area contributed by atoms with Crippen molar-refractivity contribution in [3.63, 3.8) is 0 Å². The van der Waals surface area contributed by atoms with Gasteiger partial charge in [0.2, 0.25) is 0 Å². The van der Waals surface area contributed by atoms with Crippen molar-refractivity contribution in [3.05, 3.63) is 6.61 Å². The maximum absolute atomic E-state index is 9.76. The second kappa shape index (κ2) is 4.76. The van der Waals surface area contributed by atoms with E-state index in [1.807, 2.05) is 13.8 Å². The Labute approximate surface area is 57.2 Å². The summed E-state index contributed by atoms with van der Waals surface area (Å²) in [6.07, 6.45) is 0.670. The van der Waals surface area contributed by atoms with Crippen molar-refractivity contribution in [1.29, 1.82) is 0 Å². The van der Waals surface area contributed by atoms with Crippen LogP contribution in [-0.2, 0) is 15.2 Å². The summed E-state index contributed by atoms with van der Waals surface area (Å²) >= 11 is 0. The summed E-state index contributed by atoms with van der Waals surface area (Å²) in [4.78, 5) is 0. The average molecular weight is 151 g/mol. The lowest BCUT2D eigenvalue weighted by Crippen LogP contribution is -1.90.